The molecule has 2 aromatic rings. The standard InChI is InChI=1S/C31H36N2OS/c1-30(2)25-19-20-31(30,3)28(32-21-11-6-12-22-32)27(25)29(35)33(24-15-9-5-10-16-24)26(34)18-17-23-13-7-4-8-14-23/h4-5,7-10,13-18,25H,6,11-12,19-22H2,1-3H3/b18-17+/t25-,31+/m1/s1. The predicted octanol–water partition coefficient (Wildman–Crippen LogP) is 7.26. The summed E-state index contributed by atoms with van der Waals surface area (Å²) < 4.78 is 0. The zero-order valence-electron chi connectivity index (χ0n) is 21.2. The Morgan fingerprint density at radius 3 is 2.26 bits per heavy atom. The fourth-order valence-corrected chi connectivity index (χ4v) is 7.06. The second kappa shape index (κ2) is 9.39. The molecule has 2 aliphatic carbocycles. The summed E-state index contributed by atoms with van der Waals surface area (Å²) in [6, 6.07) is 19.9. The van der Waals surface area contributed by atoms with Crippen molar-refractivity contribution in [3.63, 3.8) is 0 Å². The van der Waals surface area contributed by atoms with Crippen LogP contribution in [0.4, 0.5) is 5.69 Å². The van der Waals surface area contributed by atoms with E-state index in [1.807, 2.05) is 66.7 Å². The Hall–Kier alpha value is -2.72. The fraction of sp³-hybridized carbons (Fsp3) is 0.419. The summed E-state index contributed by atoms with van der Waals surface area (Å²) in [4.78, 5) is 18.8. The van der Waals surface area contributed by atoms with Crippen molar-refractivity contribution in [3.8, 4) is 0 Å². The Morgan fingerprint density at radius 1 is 0.971 bits per heavy atom. The highest BCUT2D eigenvalue weighted by molar-refractivity contribution is 7.81. The molecule has 0 radical (unpaired) electrons. The number of nitrogens with zero attached hydrogens (tertiary/aromatic N) is 2. The van der Waals surface area contributed by atoms with Crippen LogP contribution in [0.25, 0.3) is 6.08 Å². The molecule has 0 aromatic heterocycles. The molecule has 2 fully saturated rings. The maximum absolute atomic E-state index is 13.8. The minimum absolute atomic E-state index is 0.0830. The molecule has 0 unspecified atom stereocenters. The summed E-state index contributed by atoms with van der Waals surface area (Å²) in [5, 5.41) is 0. The Kier molecular flexibility index (Phi) is 6.43. The number of carbonyl (C=O) groups excluding carboxylic acids is 1. The van der Waals surface area contributed by atoms with Gasteiger partial charge in [0, 0.05) is 35.9 Å². The Morgan fingerprint density at radius 2 is 1.60 bits per heavy atom. The Bertz CT molecular complexity index is 1160. The second-order valence-corrected chi connectivity index (χ2v) is 11.4. The van der Waals surface area contributed by atoms with Crippen molar-refractivity contribution in [2.75, 3.05) is 18.0 Å². The van der Waals surface area contributed by atoms with Crippen LogP contribution in [0.5, 0.6) is 0 Å². The van der Waals surface area contributed by atoms with Gasteiger partial charge in [-0.25, -0.2) is 0 Å². The van der Waals surface area contributed by atoms with Gasteiger partial charge in [0.15, 0.2) is 0 Å². The van der Waals surface area contributed by atoms with Crippen molar-refractivity contribution in [3.05, 3.63) is 83.6 Å². The monoisotopic (exact) mass is 484 g/mol. The lowest BCUT2D eigenvalue weighted by Gasteiger charge is -2.43. The summed E-state index contributed by atoms with van der Waals surface area (Å²) in [7, 11) is 0. The third-order valence-corrected chi connectivity index (χ3v) is 9.31. The number of fused-ring (bicyclic) bond motifs is 2. The summed E-state index contributed by atoms with van der Waals surface area (Å²) in [6.07, 6.45) is 9.62. The largest absolute Gasteiger partial charge is 0.374 e. The fourth-order valence-electron chi connectivity index (χ4n) is 6.63. The van der Waals surface area contributed by atoms with Crippen LogP contribution in [0.1, 0.15) is 58.4 Å². The van der Waals surface area contributed by atoms with Gasteiger partial charge < -0.3 is 4.90 Å². The molecule has 1 heterocycles. The van der Waals surface area contributed by atoms with E-state index in [-0.39, 0.29) is 16.7 Å². The van der Waals surface area contributed by atoms with Gasteiger partial charge in [-0.05, 0) is 67.2 Å². The second-order valence-electron chi connectivity index (χ2n) is 11.0. The van der Waals surface area contributed by atoms with E-state index in [1.54, 1.807) is 11.0 Å². The average Bonchev–Trinajstić information content (AvgIpc) is 3.21. The number of thiocarbonyl (C=S) groups is 1. The molecule has 0 spiro atoms. The quantitative estimate of drug-likeness (QED) is 0.330. The molecule has 35 heavy (non-hydrogen) atoms. The van der Waals surface area contributed by atoms with E-state index in [0.717, 1.165) is 30.8 Å². The molecule has 4 heteroatoms. The molecule has 1 amide bonds. The number of anilines is 1. The topological polar surface area (TPSA) is 23.6 Å². The molecule has 1 saturated carbocycles. The minimum atomic E-state index is -0.0960. The van der Waals surface area contributed by atoms with Gasteiger partial charge in [-0.2, -0.15) is 0 Å². The lowest BCUT2D eigenvalue weighted by molar-refractivity contribution is -0.113. The smallest absolute Gasteiger partial charge is 0.256 e. The number of hydrogen-bond donors (Lipinski definition) is 0. The number of rotatable bonds is 5. The van der Waals surface area contributed by atoms with Crippen LogP contribution < -0.4 is 4.90 Å². The van der Waals surface area contributed by atoms with Gasteiger partial charge in [-0.15, -0.1) is 0 Å². The van der Waals surface area contributed by atoms with Crippen LogP contribution in [0, 0.1) is 16.7 Å². The molecule has 0 N–H and O–H groups in total. The summed E-state index contributed by atoms with van der Waals surface area (Å²) in [5.41, 5.74) is 4.69. The molecule has 2 aromatic carbocycles. The number of hydrogen-bond acceptors (Lipinski definition) is 3. The summed E-state index contributed by atoms with van der Waals surface area (Å²) in [6.45, 7) is 9.44. The summed E-state index contributed by atoms with van der Waals surface area (Å²) >= 11 is 6.27. The first-order valence-corrected chi connectivity index (χ1v) is 13.4. The first-order valence-electron chi connectivity index (χ1n) is 13.0. The first-order chi connectivity index (χ1) is 16.8. The Balaban J connectivity index is 1.59. The van der Waals surface area contributed by atoms with E-state index in [1.165, 1.54) is 37.0 Å². The minimum Gasteiger partial charge on any atom is -0.374 e. The normalized spacial score (nSPS) is 25.3. The average molecular weight is 485 g/mol. The van der Waals surface area contributed by atoms with Crippen molar-refractivity contribution < 1.29 is 4.79 Å². The van der Waals surface area contributed by atoms with Gasteiger partial charge in [0.05, 0.1) is 5.69 Å². The number of likely N-dealkylation sites (tertiary alicyclic amines) is 1. The van der Waals surface area contributed by atoms with Crippen LogP contribution in [-0.4, -0.2) is 28.9 Å². The molecule has 5 rings (SSSR count). The number of allylic oxidation sites excluding steroid dienone is 1. The van der Waals surface area contributed by atoms with Crippen LogP contribution in [0.15, 0.2) is 78.0 Å². The molecule has 2 bridgehead atoms. The summed E-state index contributed by atoms with van der Waals surface area (Å²) in [5.74, 6) is 0.273. The van der Waals surface area contributed by atoms with Crippen molar-refractivity contribution in [1.82, 2.24) is 4.90 Å². The molecule has 1 saturated heterocycles. The number of amides is 1. The molecule has 3 nitrogen and oxygen atoms in total. The van der Waals surface area contributed by atoms with E-state index in [4.69, 9.17) is 12.2 Å². The van der Waals surface area contributed by atoms with E-state index >= 15 is 0 Å². The third-order valence-electron chi connectivity index (χ3n) is 8.91. The van der Waals surface area contributed by atoms with Gasteiger partial charge in [-0.3, -0.25) is 9.69 Å². The molecular formula is C31H36N2OS. The zero-order valence-corrected chi connectivity index (χ0v) is 22.0. The van der Waals surface area contributed by atoms with E-state index in [2.05, 4.69) is 25.7 Å². The lowest BCUT2D eigenvalue weighted by Crippen LogP contribution is -2.41. The van der Waals surface area contributed by atoms with Gasteiger partial charge >= 0.3 is 0 Å². The maximum atomic E-state index is 13.8. The van der Waals surface area contributed by atoms with Crippen molar-refractivity contribution in [2.45, 2.75) is 52.9 Å². The van der Waals surface area contributed by atoms with Gasteiger partial charge in [-0.1, -0.05) is 81.5 Å². The Labute approximate surface area is 215 Å². The van der Waals surface area contributed by atoms with Gasteiger partial charge in [0.1, 0.15) is 4.99 Å². The highest BCUT2D eigenvalue weighted by Gasteiger charge is 2.62. The highest BCUT2D eigenvalue weighted by Crippen LogP contribution is 2.68. The molecule has 3 aliphatic rings. The van der Waals surface area contributed by atoms with Crippen LogP contribution in [0.2, 0.25) is 0 Å². The third kappa shape index (κ3) is 4.06. The van der Waals surface area contributed by atoms with E-state index in [9.17, 15) is 4.79 Å². The van der Waals surface area contributed by atoms with Crippen molar-refractivity contribution in [2.24, 2.45) is 16.7 Å². The first kappa shape index (κ1) is 24.0. The van der Waals surface area contributed by atoms with Gasteiger partial charge in [0.2, 0.25) is 0 Å². The SMILES string of the molecule is CC1(C)[C@@H]2CC[C@@]1(C)C(N1CCCCC1)=C2C(=S)N(C(=O)/C=C/c1ccccc1)c1ccccc1. The molecule has 2 atom stereocenters. The predicted molar refractivity (Wildman–Crippen MR) is 149 cm³/mol. The van der Waals surface area contributed by atoms with Crippen molar-refractivity contribution in [1.29, 1.82) is 0 Å². The number of benzene rings is 2. The zero-order chi connectivity index (χ0) is 24.6. The van der Waals surface area contributed by atoms with Gasteiger partial charge in [0.25, 0.3) is 5.91 Å². The van der Waals surface area contributed by atoms with Crippen LogP contribution in [-0.2, 0) is 4.79 Å². The van der Waals surface area contributed by atoms with Crippen LogP contribution in [0.3, 0.4) is 0 Å². The number of piperidine rings is 1. The molecule has 182 valence electrons. The van der Waals surface area contributed by atoms with E-state index < -0.39 is 0 Å². The van der Waals surface area contributed by atoms with Crippen molar-refractivity contribution >= 4 is 34.9 Å². The molecular weight excluding hydrogens is 448 g/mol. The van der Waals surface area contributed by atoms with E-state index in [0.29, 0.717) is 10.9 Å². The number of carbonyl (C=O) groups is 1. The highest BCUT2D eigenvalue weighted by atomic mass is 32.1. The maximum Gasteiger partial charge on any atom is 0.256 e. The van der Waals surface area contributed by atoms with Crippen LogP contribution >= 0.6 is 12.2 Å². The molecule has 1 aliphatic heterocycles. The number of para-hydroxylation sites is 1. The lowest BCUT2D eigenvalue weighted by atomic mass is 9.69.